The van der Waals surface area contributed by atoms with Gasteiger partial charge in [0, 0.05) is 5.02 Å². The second kappa shape index (κ2) is 12.5. The Kier molecular flexibility index (Phi) is 9.11. The van der Waals surface area contributed by atoms with E-state index < -0.39 is 18.0 Å². The van der Waals surface area contributed by atoms with Crippen molar-refractivity contribution in [3.8, 4) is 11.5 Å². The topological polar surface area (TPSA) is 105 Å². The summed E-state index contributed by atoms with van der Waals surface area (Å²) in [7, 11) is 1.28. The van der Waals surface area contributed by atoms with Crippen LogP contribution >= 0.6 is 22.9 Å². The van der Waals surface area contributed by atoms with E-state index in [2.05, 4.69) is 9.73 Å². The second-order valence-electron chi connectivity index (χ2n) is 9.06. The maximum atomic E-state index is 13.9. The van der Waals surface area contributed by atoms with Gasteiger partial charge >= 0.3 is 11.9 Å². The molecule has 210 valence electrons. The van der Waals surface area contributed by atoms with Gasteiger partial charge in [0.15, 0.2) is 22.9 Å². The maximum Gasteiger partial charge on any atom is 0.343 e. The number of carbonyl (C=O) groups is 2. The van der Waals surface area contributed by atoms with Crippen molar-refractivity contribution in [1.29, 1.82) is 0 Å². The number of ether oxygens (including phenoxy) is 4. The molecule has 40 heavy (non-hydrogen) atoms. The third kappa shape index (κ3) is 6.13. The standard InChI is InChI=1S/C29H29ClN2O7S/c1-6-37-22-13-18(11-12-21(22)38-15-24(33)36-5)14-23-27(34)32-26(19-9-7-8-10-20(19)30)25(28(35)39-16(2)3)17(4)31-29(32)40-23/h7-14,16,26H,6,15H2,1-5H3. The van der Waals surface area contributed by atoms with E-state index in [9.17, 15) is 14.4 Å². The Morgan fingerprint density at radius 2 is 1.90 bits per heavy atom. The molecule has 0 saturated carbocycles. The summed E-state index contributed by atoms with van der Waals surface area (Å²) in [6.45, 7) is 7.17. The van der Waals surface area contributed by atoms with Gasteiger partial charge in [-0.2, -0.15) is 0 Å². The van der Waals surface area contributed by atoms with Gasteiger partial charge in [0.2, 0.25) is 0 Å². The van der Waals surface area contributed by atoms with Crippen LogP contribution in [0, 0.1) is 0 Å². The van der Waals surface area contributed by atoms with Gasteiger partial charge in [-0.25, -0.2) is 14.6 Å². The van der Waals surface area contributed by atoms with Gasteiger partial charge in [0.1, 0.15) is 6.04 Å². The van der Waals surface area contributed by atoms with Crippen LogP contribution in [-0.2, 0) is 19.1 Å². The molecule has 1 aliphatic rings. The molecule has 0 radical (unpaired) electrons. The fraction of sp³-hybridized carbons (Fsp3) is 0.310. The summed E-state index contributed by atoms with van der Waals surface area (Å²) in [4.78, 5) is 43.6. The summed E-state index contributed by atoms with van der Waals surface area (Å²) in [5.74, 6) is -0.294. The van der Waals surface area contributed by atoms with Crippen LogP contribution in [0.25, 0.3) is 6.08 Å². The zero-order valence-electron chi connectivity index (χ0n) is 22.7. The van der Waals surface area contributed by atoms with E-state index in [0.717, 1.165) is 0 Å². The molecule has 1 unspecified atom stereocenters. The molecular weight excluding hydrogens is 556 g/mol. The molecule has 0 spiro atoms. The average Bonchev–Trinajstić information content (AvgIpc) is 3.21. The van der Waals surface area contributed by atoms with Gasteiger partial charge < -0.3 is 18.9 Å². The Hall–Kier alpha value is -3.89. The lowest BCUT2D eigenvalue weighted by Crippen LogP contribution is -2.40. The fourth-order valence-corrected chi connectivity index (χ4v) is 5.49. The first-order valence-electron chi connectivity index (χ1n) is 12.6. The predicted octanol–water partition coefficient (Wildman–Crippen LogP) is 3.79. The molecule has 9 nitrogen and oxygen atoms in total. The molecule has 1 aliphatic heterocycles. The molecule has 0 aliphatic carbocycles. The van der Waals surface area contributed by atoms with Crippen molar-refractivity contribution in [3.63, 3.8) is 0 Å². The number of fused-ring (bicyclic) bond motifs is 1. The lowest BCUT2D eigenvalue weighted by atomic mass is 9.96. The van der Waals surface area contributed by atoms with Crippen molar-refractivity contribution in [2.45, 2.75) is 39.8 Å². The van der Waals surface area contributed by atoms with E-state index in [4.69, 9.17) is 25.8 Å². The van der Waals surface area contributed by atoms with Crippen LogP contribution in [0.15, 0.2) is 63.5 Å². The van der Waals surface area contributed by atoms with E-state index in [1.165, 1.54) is 23.0 Å². The lowest BCUT2D eigenvalue weighted by molar-refractivity contribution is -0.144. The molecule has 1 atom stereocenters. The van der Waals surface area contributed by atoms with Crippen molar-refractivity contribution in [2.75, 3.05) is 20.3 Å². The molecule has 11 heteroatoms. The number of thiazole rings is 1. The Bertz CT molecular complexity index is 1660. The summed E-state index contributed by atoms with van der Waals surface area (Å²) < 4.78 is 23.3. The zero-order chi connectivity index (χ0) is 29.0. The highest BCUT2D eigenvalue weighted by atomic mass is 35.5. The minimum absolute atomic E-state index is 0.256. The highest BCUT2D eigenvalue weighted by molar-refractivity contribution is 7.07. The minimum atomic E-state index is -0.813. The molecule has 0 saturated heterocycles. The normalized spacial score (nSPS) is 15.0. The third-order valence-corrected chi connectivity index (χ3v) is 7.25. The van der Waals surface area contributed by atoms with Crippen LogP contribution in [0.3, 0.4) is 0 Å². The Labute approximate surface area is 239 Å². The summed E-state index contributed by atoms with van der Waals surface area (Å²) in [6.07, 6.45) is 1.36. The van der Waals surface area contributed by atoms with Crippen molar-refractivity contribution < 1.29 is 28.5 Å². The Morgan fingerprint density at radius 1 is 1.15 bits per heavy atom. The zero-order valence-corrected chi connectivity index (χ0v) is 24.3. The number of esters is 2. The Morgan fingerprint density at radius 3 is 2.58 bits per heavy atom. The molecular formula is C29H29ClN2O7S. The van der Waals surface area contributed by atoms with Crippen LogP contribution in [0.2, 0.25) is 5.02 Å². The van der Waals surface area contributed by atoms with Crippen LogP contribution in [0.4, 0.5) is 0 Å². The lowest BCUT2D eigenvalue weighted by Gasteiger charge is -2.26. The summed E-state index contributed by atoms with van der Waals surface area (Å²) in [5.41, 5.74) is 1.64. The molecule has 1 aromatic heterocycles. The number of hydrogen-bond donors (Lipinski definition) is 0. The first-order valence-corrected chi connectivity index (χ1v) is 13.8. The molecule has 4 rings (SSSR count). The van der Waals surface area contributed by atoms with Gasteiger partial charge in [-0.1, -0.05) is 47.2 Å². The maximum absolute atomic E-state index is 13.9. The van der Waals surface area contributed by atoms with Gasteiger partial charge in [-0.15, -0.1) is 0 Å². The number of allylic oxidation sites excluding steroid dienone is 1. The number of halogens is 1. The number of aromatic nitrogens is 1. The highest BCUT2D eigenvalue weighted by Crippen LogP contribution is 2.34. The predicted molar refractivity (Wildman–Crippen MR) is 152 cm³/mol. The van der Waals surface area contributed by atoms with Gasteiger partial charge in [-0.05, 0) is 63.1 Å². The fourth-order valence-electron chi connectivity index (χ4n) is 4.20. The minimum Gasteiger partial charge on any atom is -0.490 e. The summed E-state index contributed by atoms with van der Waals surface area (Å²) in [5, 5.41) is 0.413. The molecule has 0 fully saturated rings. The van der Waals surface area contributed by atoms with E-state index in [1.54, 1.807) is 69.3 Å². The van der Waals surface area contributed by atoms with E-state index in [0.29, 0.717) is 49.3 Å². The molecule has 2 aromatic carbocycles. The third-order valence-electron chi connectivity index (χ3n) is 5.92. The number of hydrogen-bond acceptors (Lipinski definition) is 9. The van der Waals surface area contributed by atoms with Crippen molar-refractivity contribution in [2.24, 2.45) is 4.99 Å². The van der Waals surface area contributed by atoms with E-state index in [1.807, 2.05) is 6.92 Å². The van der Waals surface area contributed by atoms with Crippen LogP contribution in [0.5, 0.6) is 11.5 Å². The number of methoxy groups -OCH3 is 1. The number of carbonyl (C=O) groups excluding carboxylic acids is 2. The largest absolute Gasteiger partial charge is 0.490 e. The SMILES string of the molecule is CCOc1cc(C=c2sc3n(c2=O)C(c2ccccc2Cl)C(C(=O)OC(C)C)=C(C)N=3)ccc1OCC(=O)OC. The van der Waals surface area contributed by atoms with Gasteiger partial charge in [0.25, 0.3) is 5.56 Å². The quantitative estimate of drug-likeness (QED) is 0.352. The first kappa shape index (κ1) is 29.1. The molecule has 2 heterocycles. The smallest absolute Gasteiger partial charge is 0.343 e. The monoisotopic (exact) mass is 584 g/mol. The van der Waals surface area contributed by atoms with Gasteiger partial charge in [-0.3, -0.25) is 9.36 Å². The second-order valence-corrected chi connectivity index (χ2v) is 10.5. The van der Waals surface area contributed by atoms with Gasteiger partial charge in [0.05, 0.1) is 35.6 Å². The molecule has 0 bridgehead atoms. The Balaban J connectivity index is 1.84. The number of rotatable bonds is 9. The van der Waals surface area contributed by atoms with Crippen LogP contribution in [0.1, 0.15) is 44.9 Å². The van der Waals surface area contributed by atoms with Crippen molar-refractivity contribution in [3.05, 3.63) is 89.6 Å². The van der Waals surface area contributed by atoms with E-state index in [-0.39, 0.29) is 23.8 Å². The van der Waals surface area contributed by atoms with Crippen LogP contribution < -0.4 is 24.4 Å². The van der Waals surface area contributed by atoms with E-state index >= 15 is 0 Å². The molecule has 0 N–H and O–H groups in total. The first-order chi connectivity index (χ1) is 19.1. The number of benzene rings is 2. The highest BCUT2D eigenvalue weighted by Gasteiger charge is 2.34. The van der Waals surface area contributed by atoms with Crippen molar-refractivity contribution in [1.82, 2.24) is 4.57 Å². The molecule has 0 amide bonds. The average molecular weight is 585 g/mol. The molecule has 3 aromatic rings. The van der Waals surface area contributed by atoms with Crippen molar-refractivity contribution >= 4 is 41.0 Å². The van der Waals surface area contributed by atoms with Crippen LogP contribution in [-0.4, -0.2) is 42.9 Å². The summed E-state index contributed by atoms with van der Waals surface area (Å²) >= 11 is 7.77. The number of nitrogens with zero attached hydrogens (tertiary/aromatic N) is 2. The summed E-state index contributed by atoms with van der Waals surface area (Å²) in [6, 6.07) is 11.4.